The number of hydrogen-bond acceptors (Lipinski definition) is 3. The van der Waals surface area contributed by atoms with Crippen LogP contribution in [0.25, 0.3) is 0 Å². The lowest BCUT2D eigenvalue weighted by molar-refractivity contribution is 0.405. The fourth-order valence-corrected chi connectivity index (χ4v) is 1.56. The third kappa shape index (κ3) is 3.91. The van der Waals surface area contributed by atoms with Crippen LogP contribution in [-0.2, 0) is 13.5 Å². The van der Waals surface area contributed by atoms with Crippen molar-refractivity contribution in [2.75, 3.05) is 32.5 Å². The second-order valence-electron chi connectivity index (χ2n) is 4.10. The molecule has 1 rings (SSSR count). The van der Waals surface area contributed by atoms with Crippen molar-refractivity contribution in [1.82, 2.24) is 14.7 Å². The number of nitrogens with zero attached hydrogens (tertiary/aromatic N) is 3. The Balaban J connectivity index is 2.36. The zero-order valence-electron chi connectivity index (χ0n) is 10.2. The highest BCUT2D eigenvalue weighted by Crippen LogP contribution is 2.13. The summed E-state index contributed by atoms with van der Waals surface area (Å²) >= 11 is 0. The molecule has 0 fully saturated rings. The van der Waals surface area contributed by atoms with Crippen LogP contribution in [0.1, 0.15) is 19.0 Å². The highest BCUT2D eigenvalue weighted by Gasteiger charge is 2.04. The molecule has 0 aliphatic rings. The minimum Gasteiger partial charge on any atom is -0.382 e. The van der Waals surface area contributed by atoms with E-state index in [1.165, 1.54) is 5.69 Å². The maximum atomic E-state index is 4.39. The summed E-state index contributed by atoms with van der Waals surface area (Å²) < 4.78 is 1.87. The third-order valence-corrected chi connectivity index (χ3v) is 2.34. The number of aromatic nitrogens is 2. The summed E-state index contributed by atoms with van der Waals surface area (Å²) in [4.78, 5) is 2.20. The van der Waals surface area contributed by atoms with Crippen LogP contribution in [0.15, 0.2) is 6.20 Å². The molecule has 0 aliphatic heterocycles. The van der Waals surface area contributed by atoms with E-state index in [0.717, 1.165) is 31.6 Å². The van der Waals surface area contributed by atoms with Gasteiger partial charge in [0.2, 0.25) is 0 Å². The Labute approximate surface area is 92.3 Å². The molecule has 0 atom stereocenters. The molecule has 4 nitrogen and oxygen atoms in total. The molecule has 0 unspecified atom stereocenters. The highest BCUT2D eigenvalue weighted by atomic mass is 15.3. The van der Waals surface area contributed by atoms with E-state index in [4.69, 9.17) is 0 Å². The molecule has 86 valence electrons. The van der Waals surface area contributed by atoms with Crippen LogP contribution in [0, 0.1) is 0 Å². The van der Waals surface area contributed by atoms with Crippen LogP contribution in [0.2, 0.25) is 0 Å². The van der Waals surface area contributed by atoms with Crippen molar-refractivity contribution in [1.29, 1.82) is 0 Å². The Bertz CT molecular complexity index is 291. The minimum atomic E-state index is 0.983. The minimum absolute atomic E-state index is 0.983. The molecule has 0 aliphatic carbocycles. The second kappa shape index (κ2) is 5.75. The molecule has 0 aromatic carbocycles. The zero-order valence-corrected chi connectivity index (χ0v) is 10.2. The lowest BCUT2D eigenvalue weighted by Gasteiger charge is -2.10. The van der Waals surface area contributed by atoms with Crippen molar-refractivity contribution >= 4 is 5.69 Å². The van der Waals surface area contributed by atoms with Gasteiger partial charge in [0.25, 0.3) is 0 Å². The number of aryl methyl sites for hydroxylation is 2. The smallest absolute Gasteiger partial charge is 0.0853 e. The first kappa shape index (κ1) is 12.0. The Morgan fingerprint density at radius 3 is 2.80 bits per heavy atom. The summed E-state index contributed by atoms with van der Waals surface area (Å²) in [5.74, 6) is 0. The van der Waals surface area contributed by atoms with Gasteiger partial charge in [-0.05, 0) is 33.5 Å². The average Bonchev–Trinajstić information content (AvgIpc) is 2.53. The number of nitrogens with one attached hydrogen (secondary N) is 1. The monoisotopic (exact) mass is 210 g/mol. The molecule has 1 aromatic rings. The molecule has 15 heavy (non-hydrogen) atoms. The van der Waals surface area contributed by atoms with E-state index in [0.29, 0.717) is 0 Å². The topological polar surface area (TPSA) is 33.1 Å². The van der Waals surface area contributed by atoms with Crippen molar-refractivity contribution in [3.63, 3.8) is 0 Å². The molecular weight excluding hydrogens is 188 g/mol. The lowest BCUT2D eigenvalue weighted by atomic mass is 10.3. The maximum absolute atomic E-state index is 4.39. The number of anilines is 1. The Morgan fingerprint density at radius 1 is 1.47 bits per heavy atom. The highest BCUT2D eigenvalue weighted by molar-refractivity contribution is 5.46. The first-order valence-corrected chi connectivity index (χ1v) is 5.54. The summed E-state index contributed by atoms with van der Waals surface area (Å²) in [6.45, 7) is 4.26. The summed E-state index contributed by atoms with van der Waals surface area (Å²) in [7, 11) is 6.16. The first-order chi connectivity index (χ1) is 7.13. The van der Waals surface area contributed by atoms with Gasteiger partial charge in [0.15, 0.2) is 0 Å². The predicted octanol–water partition coefficient (Wildman–Crippen LogP) is 1.35. The molecule has 1 N–H and O–H groups in total. The summed E-state index contributed by atoms with van der Waals surface area (Å²) in [6, 6.07) is 0. The average molecular weight is 210 g/mol. The normalized spacial score (nSPS) is 11.0. The quantitative estimate of drug-likeness (QED) is 0.719. The van der Waals surface area contributed by atoms with Gasteiger partial charge in [-0.1, -0.05) is 6.92 Å². The second-order valence-corrected chi connectivity index (χ2v) is 4.10. The molecule has 0 saturated heterocycles. The van der Waals surface area contributed by atoms with E-state index in [1.807, 2.05) is 11.7 Å². The SMILES string of the molecule is CCc1nn(C)cc1NCCCN(C)C. The van der Waals surface area contributed by atoms with Crippen molar-refractivity contribution in [2.24, 2.45) is 7.05 Å². The molecule has 1 aromatic heterocycles. The predicted molar refractivity (Wildman–Crippen MR) is 64.2 cm³/mol. The largest absolute Gasteiger partial charge is 0.382 e. The summed E-state index contributed by atoms with van der Waals surface area (Å²) in [5.41, 5.74) is 2.33. The zero-order chi connectivity index (χ0) is 11.3. The van der Waals surface area contributed by atoms with E-state index in [9.17, 15) is 0 Å². The molecule has 0 amide bonds. The maximum Gasteiger partial charge on any atom is 0.0853 e. The van der Waals surface area contributed by atoms with E-state index >= 15 is 0 Å². The molecule has 4 heteroatoms. The van der Waals surface area contributed by atoms with Crippen molar-refractivity contribution in [3.05, 3.63) is 11.9 Å². The van der Waals surface area contributed by atoms with Crippen molar-refractivity contribution < 1.29 is 0 Å². The molecular formula is C11H22N4. The molecule has 0 spiro atoms. The Morgan fingerprint density at radius 2 is 2.20 bits per heavy atom. The van der Waals surface area contributed by atoms with E-state index in [1.54, 1.807) is 0 Å². The van der Waals surface area contributed by atoms with Crippen molar-refractivity contribution in [2.45, 2.75) is 19.8 Å². The lowest BCUT2D eigenvalue weighted by Crippen LogP contribution is -2.16. The van der Waals surface area contributed by atoms with Crippen LogP contribution in [0.5, 0.6) is 0 Å². The van der Waals surface area contributed by atoms with Gasteiger partial charge in [0, 0.05) is 19.8 Å². The van der Waals surface area contributed by atoms with Gasteiger partial charge in [0.1, 0.15) is 0 Å². The summed E-state index contributed by atoms with van der Waals surface area (Å²) in [6.07, 6.45) is 4.19. The number of rotatable bonds is 6. The van der Waals surface area contributed by atoms with Gasteiger partial charge in [-0.15, -0.1) is 0 Å². The fraction of sp³-hybridized carbons (Fsp3) is 0.727. The molecule has 0 saturated carbocycles. The Kier molecular flexibility index (Phi) is 4.62. The van der Waals surface area contributed by atoms with Gasteiger partial charge in [0.05, 0.1) is 11.4 Å². The van der Waals surface area contributed by atoms with Gasteiger partial charge >= 0.3 is 0 Å². The van der Waals surface area contributed by atoms with Crippen molar-refractivity contribution in [3.8, 4) is 0 Å². The van der Waals surface area contributed by atoms with Crippen LogP contribution in [0.4, 0.5) is 5.69 Å². The summed E-state index contributed by atoms with van der Waals surface area (Å²) in [5, 5.41) is 7.82. The third-order valence-electron chi connectivity index (χ3n) is 2.34. The van der Waals surface area contributed by atoms with Gasteiger partial charge < -0.3 is 10.2 Å². The molecule has 1 heterocycles. The van der Waals surface area contributed by atoms with Crippen LogP contribution in [0.3, 0.4) is 0 Å². The van der Waals surface area contributed by atoms with Crippen LogP contribution < -0.4 is 5.32 Å². The van der Waals surface area contributed by atoms with E-state index in [-0.39, 0.29) is 0 Å². The van der Waals surface area contributed by atoms with Crippen LogP contribution in [-0.4, -0.2) is 41.9 Å². The standard InChI is InChI=1S/C11H22N4/c1-5-10-11(9-15(4)13-10)12-7-6-8-14(2)3/h9,12H,5-8H2,1-4H3. The van der Waals surface area contributed by atoms with Gasteiger partial charge in [-0.25, -0.2) is 0 Å². The molecule has 0 radical (unpaired) electrons. The van der Waals surface area contributed by atoms with Gasteiger partial charge in [-0.3, -0.25) is 4.68 Å². The molecule has 0 bridgehead atoms. The van der Waals surface area contributed by atoms with Crippen LogP contribution >= 0.6 is 0 Å². The van der Waals surface area contributed by atoms with E-state index in [2.05, 4.69) is 42.5 Å². The van der Waals surface area contributed by atoms with E-state index < -0.39 is 0 Å². The fourth-order valence-electron chi connectivity index (χ4n) is 1.56. The first-order valence-electron chi connectivity index (χ1n) is 5.54. The number of hydrogen-bond donors (Lipinski definition) is 1. The van der Waals surface area contributed by atoms with Gasteiger partial charge in [-0.2, -0.15) is 5.10 Å². The Hall–Kier alpha value is -1.03.